The lowest BCUT2D eigenvalue weighted by Gasteiger charge is -2.10. The highest BCUT2D eigenvalue weighted by molar-refractivity contribution is 8.01. The maximum Gasteiger partial charge on any atom is 0.176 e. The van der Waals surface area contributed by atoms with E-state index in [9.17, 15) is 16.8 Å². The van der Waals surface area contributed by atoms with E-state index in [-0.39, 0.29) is 9.79 Å². The van der Waals surface area contributed by atoms with Crippen molar-refractivity contribution in [2.24, 2.45) is 0 Å². The minimum absolute atomic E-state index is 0.193. The number of hydrogen-bond acceptors (Lipinski definition) is 5. The third kappa shape index (κ3) is 3.87. The zero-order valence-corrected chi connectivity index (χ0v) is 13.9. The van der Waals surface area contributed by atoms with Gasteiger partial charge in [-0.1, -0.05) is 36.0 Å². The van der Waals surface area contributed by atoms with Crippen LogP contribution < -0.4 is 0 Å². The van der Waals surface area contributed by atoms with Gasteiger partial charge in [0.2, 0.25) is 0 Å². The summed E-state index contributed by atoms with van der Waals surface area (Å²) in [6, 6.07) is 13.1. The van der Waals surface area contributed by atoms with Crippen LogP contribution in [0.25, 0.3) is 0 Å². The summed E-state index contributed by atoms with van der Waals surface area (Å²) in [5.74, 6) is 0. The number of rotatable bonds is 4. The molecular weight excluding hydrogens is 328 g/mol. The van der Waals surface area contributed by atoms with Crippen LogP contribution in [0.15, 0.2) is 68.1 Å². The topological polar surface area (TPSA) is 68.3 Å². The summed E-state index contributed by atoms with van der Waals surface area (Å²) in [5, 5.41) is 0. The van der Waals surface area contributed by atoms with E-state index in [4.69, 9.17) is 0 Å². The summed E-state index contributed by atoms with van der Waals surface area (Å²) in [6.07, 6.45) is 2.27. The molecule has 0 bridgehead atoms. The van der Waals surface area contributed by atoms with Gasteiger partial charge in [-0.15, -0.1) is 0 Å². The van der Waals surface area contributed by atoms with Crippen LogP contribution in [0.1, 0.15) is 0 Å². The van der Waals surface area contributed by atoms with E-state index in [0.717, 1.165) is 24.3 Å². The summed E-state index contributed by atoms with van der Waals surface area (Å²) in [5.41, 5.74) is 0. The average Bonchev–Trinajstić information content (AvgIpc) is 2.37. The van der Waals surface area contributed by atoms with Crippen LogP contribution >= 0.6 is 11.8 Å². The molecule has 4 nitrogen and oxygen atoms in total. The molecule has 0 N–H and O–H groups in total. The van der Waals surface area contributed by atoms with Crippen molar-refractivity contribution in [1.82, 2.24) is 0 Å². The van der Waals surface area contributed by atoms with Gasteiger partial charge in [0.05, 0.1) is 9.79 Å². The van der Waals surface area contributed by atoms with Crippen molar-refractivity contribution in [2.45, 2.75) is 19.6 Å². The molecule has 2 aromatic rings. The Hall–Kier alpha value is -1.31. The second-order valence-corrected chi connectivity index (χ2v) is 9.59. The SMILES string of the molecule is CS(=O)(=O)c1ccccc1Sc1ccccc1S(C)(=O)=O. The Bertz CT molecular complexity index is 795. The molecule has 21 heavy (non-hydrogen) atoms. The number of sulfone groups is 2. The molecule has 2 rings (SSSR count). The molecule has 7 heteroatoms. The molecule has 0 saturated carbocycles. The second-order valence-electron chi connectivity index (χ2n) is 4.54. The van der Waals surface area contributed by atoms with E-state index in [1.54, 1.807) is 36.4 Å². The average molecular weight is 342 g/mol. The first-order valence-electron chi connectivity index (χ1n) is 5.95. The minimum Gasteiger partial charge on any atom is -0.224 e. The van der Waals surface area contributed by atoms with Gasteiger partial charge in [0.15, 0.2) is 19.7 Å². The van der Waals surface area contributed by atoms with Crippen molar-refractivity contribution < 1.29 is 16.8 Å². The van der Waals surface area contributed by atoms with Crippen molar-refractivity contribution in [1.29, 1.82) is 0 Å². The van der Waals surface area contributed by atoms with Gasteiger partial charge < -0.3 is 0 Å². The number of hydrogen-bond donors (Lipinski definition) is 0. The fourth-order valence-electron chi connectivity index (χ4n) is 1.80. The Kier molecular flexibility index (Phi) is 4.46. The van der Waals surface area contributed by atoms with Crippen molar-refractivity contribution in [2.75, 3.05) is 12.5 Å². The van der Waals surface area contributed by atoms with Gasteiger partial charge in [0.1, 0.15) is 0 Å². The predicted octanol–water partition coefficient (Wildman–Crippen LogP) is 2.64. The van der Waals surface area contributed by atoms with Crippen LogP contribution in [-0.4, -0.2) is 29.3 Å². The second kappa shape index (κ2) is 5.82. The van der Waals surface area contributed by atoms with E-state index in [2.05, 4.69) is 0 Å². The monoisotopic (exact) mass is 342 g/mol. The van der Waals surface area contributed by atoms with Crippen LogP contribution in [0.3, 0.4) is 0 Å². The van der Waals surface area contributed by atoms with Gasteiger partial charge in [-0.25, -0.2) is 16.8 Å². The van der Waals surface area contributed by atoms with Crippen LogP contribution in [-0.2, 0) is 19.7 Å². The standard InChI is InChI=1S/C14H14O4S3/c1-20(15,16)13-9-5-3-7-11(13)19-12-8-4-6-10-14(12)21(2,17)18/h3-10H,1-2H3. The van der Waals surface area contributed by atoms with Crippen LogP contribution in [0.5, 0.6) is 0 Å². The third-order valence-electron chi connectivity index (χ3n) is 2.72. The van der Waals surface area contributed by atoms with Gasteiger partial charge in [0, 0.05) is 22.3 Å². The van der Waals surface area contributed by atoms with Gasteiger partial charge in [-0.2, -0.15) is 0 Å². The summed E-state index contributed by atoms with van der Waals surface area (Å²) >= 11 is 1.14. The molecule has 0 atom stereocenters. The molecule has 0 radical (unpaired) electrons. The highest BCUT2D eigenvalue weighted by Crippen LogP contribution is 2.36. The van der Waals surface area contributed by atoms with E-state index in [1.165, 1.54) is 12.1 Å². The minimum atomic E-state index is -3.37. The van der Waals surface area contributed by atoms with Crippen molar-refractivity contribution in [3.8, 4) is 0 Å². The third-order valence-corrected chi connectivity index (χ3v) is 6.44. The fraction of sp³-hybridized carbons (Fsp3) is 0.143. The Morgan fingerprint density at radius 2 is 1.00 bits per heavy atom. The summed E-state index contributed by atoms with van der Waals surface area (Å²) in [7, 11) is -6.74. The van der Waals surface area contributed by atoms with Gasteiger partial charge in [0.25, 0.3) is 0 Å². The Morgan fingerprint density at radius 3 is 1.33 bits per heavy atom. The molecule has 0 amide bonds. The lowest BCUT2D eigenvalue weighted by atomic mass is 10.4. The molecule has 0 aliphatic carbocycles. The van der Waals surface area contributed by atoms with Gasteiger partial charge in [-0.3, -0.25) is 0 Å². The molecule has 2 aromatic carbocycles. The lowest BCUT2D eigenvalue weighted by molar-refractivity contribution is 0.598. The van der Waals surface area contributed by atoms with Crippen LogP contribution in [0.2, 0.25) is 0 Å². The van der Waals surface area contributed by atoms with E-state index in [1.807, 2.05) is 0 Å². The predicted molar refractivity (Wildman–Crippen MR) is 83.2 cm³/mol. The number of benzene rings is 2. The molecular formula is C14H14O4S3. The van der Waals surface area contributed by atoms with E-state index in [0.29, 0.717) is 9.79 Å². The molecule has 0 heterocycles. The lowest BCUT2D eigenvalue weighted by Crippen LogP contribution is -2.01. The molecule has 0 spiro atoms. The highest BCUT2D eigenvalue weighted by atomic mass is 32.2. The fourth-order valence-corrected chi connectivity index (χ4v) is 5.34. The Labute approximate surface area is 129 Å². The molecule has 112 valence electrons. The van der Waals surface area contributed by atoms with Gasteiger partial charge in [-0.05, 0) is 24.3 Å². The first-order valence-corrected chi connectivity index (χ1v) is 10.6. The van der Waals surface area contributed by atoms with Crippen molar-refractivity contribution in [3.63, 3.8) is 0 Å². The quantitative estimate of drug-likeness (QED) is 0.854. The van der Waals surface area contributed by atoms with Gasteiger partial charge >= 0.3 is 0 Å². The first-order chi connectivity index (χ1) is 9.69. The summed E-state index contributed by atoms with van der Waals surface area (Å²) < 4.78 is 47.2. The van der Waals surface area contributed by atoms with Crippen molar-refractivity contribution in [3.05, 3.63) is 48.5 Å². The first kappa shape index (κ1) is 16.1. The molecule has 0 saturated heterocycles. The zero-order valence-electron chi connectivity index (χ0n) is 11.5. The highest BCUT2D eigenvalue weighted by Gasteiger charge is 2.17. The largest absolute Gasteiger partial charge is 0.224 e. The summed E-state index contributed by atoms with van der Waals surface area (Å²) in [4.78, 5) is 1.41. The molecule has 0 aliphatic rings. The van der Waals surface area contributed by atoms with Crippen LogP contribution in [0.4, 0.5) is 0 Å². The normalized spacial score (nSPS) is 12.3. The molecule has 0 unspecified atom stereocenters. The maximum atomic E-state index is 11.8. The smallest absolute Gasteiger partial charge is 0.176 e. The van der Waals surface area contributed by atoms with Crippen molar-refractivity contribution >= 4 is 31.4 Å². The Balaban J connectivity index is 2.56. The molecule has 0 fully saturated rings. The van der Waals surface area contributed by atoms with E-state index >= 15 is 0 Å². The molecule has 0 aromatic heterocycles. The Morgan fingerprint density at radius 1 is 0.667 bits per heavy atom. The zero-order chi connectivity index (χ0) is 15.7. The van der Waals surface area contributed by atoms with Crippen LogP contribution in [0, 0.1) is 0 Å². The van der Waals surface area contributed by atoms with E-state index < -0.39 is 19.7 Å². The maximum absolute atomic E-state index is 11.8. The molecule has 0 aliphatic heterocycles. The summed E-state index contributed by atoms with van der Waals surface area (Å²) in [6.45, 7) is 0.